The van der Waals surface area contributed by atoms with Gasteiger partial charge in [-0.2, -0.15) is 13.2 Å². The van der Waals surface area contributed by atoms with Crippen LogP contribution in [0.25, 0.3) is 16.6 Å². The fraction of sp³-hybridized carbons (Fsp3) is 0.167. The highest BCUT2D eigenvalue weighted by Crippen LogP contribution is 2.33. The number of hydrogen-bond acceptors (Lipinski definition) is 5. The lowest BCUT2D eigenvalue weighted by Crippen LogP contribution is -2.22. The molecular weight excluding hydrogens is 453 g/mol. The summed E-state index contributed by atoms with van der Waals surface area (Å²) in [6.45, 7) is 0. The quantitative estimate of drug-likeness (QED) is 0.266. The van der Waals surface area contributed by atoms with E-state index in [1.165, 1.54) is 24.9 Å². The summed E-state index contributed by atoms with van der Waals surface area (Å²) in [5.41, 5.74) is 0.331. The summed E-state index contributed by atoms with van der Waals surface area (Å²) in [5.74, 6) is 1.12. The van der Waals surface area contributed by atoms with Crippen molar-refractivity contribution in [1.29, 1.82) is 0 Å². The SMILES string of the molecule is COc1ccc(OC)c(-n2c(SCc3cccc(C(F)(F)F)c3)nc3ccccc3c2=O)c1. The van der Waals surface area contributed by atoms with Gasteiger partial charge in [0, 0.05) is 11.8 Å². The molecule has 0 spiro atoms. The molecule has 1 aromatic heterocycles. The molecule has 3 aromatic carbocycles. The number of fused-ring (bicyclic) bond motifs is 1. The topological polar surface area (TPSA) is 53.4 Å². The van der Waals surface area contributed by atoms with E-state index in [1.807, 2.05) is 0 Å². The Bertz CT molecular complexity index is 1370. The molecule has 170 valence electrons. The predicted molar refractivity (Wildman–Crippen MR) is 121 cm³/mol. The van der Waals surface area contributed by atoms with E-state index in [0.717, 1.165) is 23.9 Å². The van der Waals surface area contributed by atoms with Gasteiger partial charge in [0.15, 0.2) is 5.16 Å². The van der Waals surface area contributed by atoms with Crippen LogP contribution in [0.4, 0.5) is 13.2 Å². The Balaban J connectivity index is 1.85. The van der Waals surface area contributed by atoms with Crippen molar-refractivity contribution in [3.8, 4) is 17.2 Å². The molecule has 4 rings (SSSR count). The lowest BCUT2D eigenvalue weighted by Gasteiger charge is -2.17. The molecule has 0 bridgehead atoms. The van der Waals surface area contributed by atoms with Crippen molar-refractivity contribution in [3.63, 3.8) is 0 Å². The number of methoxy groups -OCH3 is 2. The van der Waals surface area contributed by atoms with Crippen molar-refractivity contribution in [3.05, 3.63) is 88.2 Å². The van der Waals surface area contributed by atoms with Gasteiger partial charge in [0.25, 0.3) is 5.56 Å². The van der Waals surface area contributed by atoms with Crippen LogP contribution in [0, 0.1) is 0 Å². The van der Waals surface area contributed by atoms with Crippen molar-refractivity contribution >= 4 is 22.7 Å². The van der Waals surface area contributed by atoms with E-state index < -0.39 is 11.7 Å². The number of ether oxygens (including phenoxy) is 2. The average Bonchev–Trinajstić information content (AvgIpc) is 2.82. The number of thioether (sulfide) groups is 1. The molecule has 0 N–H and O–H groups in total. The number of aromatic nitrogens is 2. The zero-order valence-corrected chi connectivity index (χ0v) is 18.5. The lowest BCUT2D eigenvalue weighted by atomic mass is 10.1. The fourth-order valence-electron chi connectivity index (χ4n) is 3.38. The molecule has 0 fully saturated rings. The Kier molecular flexibility index (Phi) is 6.33. The number of alkyl halides is 3. The van der Waals surface area contributed by atoms with Gasteiger partial charge in [-0.3, -0.25) is 9.36 Å². The van der Waals surface area contributed by atoms with Crippen LogP contribution < -0.4 is 15.0 Å². The highest BCUT2D eigenvalue weighted by Gasteiger charge is 2.30. The van der Waals surface area contributed by atoms with E-state index in [9.17, 15) is 18.0 Å². The fourth-order valence-corrected chi connectivity index (χ4v) is 4.33. The number of rotatable bonds is 6. The second-order valence-electron chi connectivity index (χ2n) is 7.08. The number of halogens is 3. The third-order valence-corrected chi connectivity index (χ3v) is 6.00. The molecule has 0 amide bonds. The van der Waals surface area contributed by atoms with Gasteiger partial charge in [-0.25, -0.2) is 4.98 Å². The predicted octanol–water partition coefficient (Wildman–Crippen LogP) is 5.71. The second-order valence-corrected chi connectivity index (χ2v) is 8.02. The van der Waals surface area contributed by atoms with Crippen LogP contribution in [0.3, 0.4) is 0 Å². The minimum atomic E-state index is -4.43. The lowest BCUT2D eigenvalue weighted by molar-refractivity contribution is -0.137. The summed E-state index contributed by atoms with van der Waals surface area (Å²) >= 11 is 1.16. The van der Waals surface area contributed by atoms with Crippen LogP contribution in [0.2, 0.25) is 0 Å². The van der Waals surface area contributed by atoms with Gasteiger partial charge in [0.05, 0.1) is 36.4 Å². The molecule has 0 saturated carbocycles. The van der Waals surface area contributed by atoms with Crippen LogP contribution in [0.5, 0.6) is 11.5 Å². The zero-order chi connectivity index (χ0) is 23.6. The van der Waals surface area contributed by atoms with Crippen molar-refractivity contribution in [2.24, 2.45) is 0 Å². The molecule has 0 aliphatic heterocycles. The number of hydrogen-bond donors (Lipinski definition) is 0. The third kappa shape index (κ3) is 4.68. The first-order valence-corrected chi connectivity index (χ1v) is 10.8. The molecule has 0 aliphatic carbocycles. The number of nitrogens with zero attached hydrogens (tertiary/aromatic N) is 2. The molecule has 0 saturated heterocycles. The first-order chi connectivity index (χ1) is 15.8. The molecule has 0 radical (unpaired) electrons. The van der Waals surface area contributed by atoms with E-state index in [0.29, 0.717) is 38.8 Å². The van der Waals surface area contributed by atoms with Crippen LogP contribution in [0.15, 0.2) is 76.7 Å². The Morgan fingerprint density at radius 3 is 2.48 bits per heavy atom. The van der Waals surface area contributed by atoms with E-state index in [4.69, 9.17) is 9.47 Å². The Morgan fingerprint density at radius 1 is 0.970 bits per heavy atom. The van der Waals surface area contributed by atoms with Crippen molar-refractivity contribution in [1.82, 2.24) is 9.55 Å². The molecule has 0 unspecified atom stereocenters. The summed E-state index contributed by atoms with van der Waals surface area (Å²) < 4.78 is 51.5. The maximum absolute atomic E-state index is 13.5. The van der Waals surface area contributed by atoms with Crippen molar-refractivity contribution in [2.45, 2.75) is 17.1 Å². The molecule has 0 aliphatic rings. The van der Waals surface area contributed by atoms with Crippen molar-refractivity contribution < 1.29 is 22.6 Å². The van der Waals surface area contributed by atoms with E-state index in [2.05, 4.69) is 4.98 Å². The van der Waals surface area contributed by atoms with Gasteiger partial charge >= 0.3 is 6.18 Å². The van der Waals surface area contributed by atoms with Crippen LogP contribution >= 0.6 is 11.8 Å². The standard InChI is InChI=1S/C24H19F3N2O3S/c1-31-17-10-11-21(32-2)20(13-17)29-22(30)18-8-3-4-9-19(18)28-23(29)33-14-15-6-5-7-16(12-15)24(25,26)27/h3-13H,14H2,1-2H3. The Morgan fingerprint density at radius 2 is 1.76 bits per heavy atom. The highest BCUT2D eigenvalue weighted by molar-refractivity contribution is 7.98. The minimum absolute atomic E-state index is 0.182. The maximum Gasteiger partial charge on any atom is 0.416 e. The zero-order valence-electron chi connectivity index (χ0n) is 17.7. The summed E-state index contributed by atoms with van der Waals surface area (Å²) in [7, 11) is 3.00. The maximum atomic E-state index is 13.5. The first kappa shape index (κ1) is 22.7. The number of benzene rings is 3. The van der Waals surface area contributed by atoms with Gasteiger partial charge in [-0.15, -0.1) is 0 Å². The van der Waals surface area contributed by atoms with Gasteiger partial charge in [0.2, 0.25) is 0 Å². The summed E-state index contributed by atoms with van der Waals surface area (Å²) in [4.78, 5) is 18.1. The van der Waals surface area contributed by atoms with Crippen LogP contribution in [-0.4, -0.2) is 23.8 Å². The molecule has 5 nitrogen and oxygen atoms in total. The van der Waals surface area contributed by atoms with Gasteiger partial charge < -0.3 is 9.47 Å². The number of para-hydroxylation sites is 1. The highest BCUT2D eigenvalue weighted by atomic mass is 32.2. The smallest absolute Gasteiger partial charge is 0.416 e. The first-order valence-electron chi connectivity index (χ1n) is 9.85. The Labute approximate surface area is 191 Å². The van der Waals surface area contributed by atoms with Gasteiger partial charge in [-0.05, 0) is 35.9 Å². The summed E-state index contributed by atoms with van der Waals surface area (Å²) in [5, 5.41) is 0.730. The average molecular weight is 472 g/mol. The van der Waals surface area contributed by atoms with E-state index >= 15 is 0 Å². The normalized spacial score (nSPS) is 11.5. The second kappa shape index (κ2) is 9.19. The van der Waals surface area contributed by atoms with Gasteiger partial charge in [-0.1, -0.05) is 42.1 Å². The largest absolute Gasteiger partial charge is 0.497 e. The summed E-state index contributed by atoms with van der Waals surface area (Å²) in [6.07, 6.45) is -4.43. The van der Waals surface area contributed by atoms with E-state index in [-0.39, 0.29) is 11.3 Å². The molecule has 33 heavy (non-hydrogen) atoms. The Hall–Kier alpha value is -3.46. The minimum Gasteiger partial charge on any atom is -0.497 e. The molecule has 4 aromatic rings. The molecular formula is C24H19F3N2O3S. The summed E-state index contributed by atoms with van der Waals surface area (Å²) in [6, 6.07) is 17.1. The molecule has 1 heterocycles. The van der Waals surface area contributed by atoms with Crippen molar-refractivity contribution in [2.75, 3.05) is 14.2 Å². The van der Waals surface area contributed by atoms with E-state index in [1.54, 1.807) is 48.5 Å². The monoisotopic (exact) mass is 472 g/mol. The van der Waals surface area contributed by atoms with Crippen LogP contribution in [0.1, 0.15) is 11.1 Å². The van der Waals surface area contributed by atoms with Crippen LogP contribution in [-0.2, 0) is 11.9 Å². The molecule has 9 heteroatoms. The third-order valence-electron chi connectivity index (χ3n) is 4.99. The molecule has 0 atom stereocenters. The van der Waals surface area contributed by atoms with Gasteiger partial charge in [0.1, 0.15) is 11.5 Å².